The average molecular weight is 361 g/mol. The summed E-state index contributed by atoms with van der Waals surface area (Å²) in [5, 5.41) is 3.35. The first-order chi connectivity index (χ1) is 10.4. The molecular formula is C16H25ClN2O3S. The summed E-state index contributed by atoms with van der Waals surface area (Å²) in [4.78, 5) is 14.5. The number of nitrogens with zero attached hydrogens (tertiary/aromatic N) is 1. The number of nitrogens with one attached hydrogen (secondary N) is 1. The van der Waals surface area contributed by atoms with Gasteiger partial charge in [0.1, 0.15) is 0 Å². The zero-order chi connectivity index (χ0) is 16.2. The highest BCUT2D eigenvalue weighted by atomic mass is 35.5. The fourth-order valence-electron chi connectivity index (χ4n) is 2.72. The Balaban J connectivity index is 0.00000264. The number of carbonyl (C=O) groups excluding carboxylic acids is 1. The monoisotopic (exact) mass is 360 g/mol. The smallest absolute Gasteiger partial charge is 0.253 e. The topological polar surface area (TPSA) is 66.5 Å². The van der Waals surface area contributed by atoms with Crippen molar-refractivity contribution >= 4 is 28.2 Å². The maximum atomic E-state index is 12.4. The highest BCUT2D eigenvalue weighted by Gasteiger charge is 2.23. The number of carbonyl (C=O) groups is 1. The number of sulfone groups is 1. The van der Waals surface area contributed by atoms with Crippen LogP contribution in [-0.2, 0) is 9.84 Å². The Bertz CT molecular complexity index is 609. The van der Waals surface area contributed by atoms with E-state index in [-0.39, 0.29) is 23.2 Å². The molecule has 1 aliphatic heterocycles. The molecule has 0 bridgehead atoms. The minimum absolute atomic E-state index is 0. The summed E-state index contributed by atoms with van der Waals surface area (Å²) in [7, 11) is -3.22. The third-order valence-corrected chi connectivity index (χ3v) is 5.24. The van der Waals surface area contributed by atoms with Gasteiger partial charge < -0.3 is 10.2 Å². The lowest BCUT2D eigenvalue weighted by molar-refractivity contribution is 0.0690. The summed E-state index contributed by atoms with van der Waals surface area (Å²) in [6.45, 7) is 5.62. The van der Waals surface area contributed by atoms with E-state index in [1.165, 1.54) is 18.4 Å². The van der Waals surface area contributed by atoms with Crippen LogP contribution in [0, 0.1) is 5.92 Å². The Kier molecular flexibility index (Phi) is 7.51. The molecule has 0 atom stereocenters. The van der Waals surface area contributed by atoms with Crippen molar-refractivity contribution in [1.29, 1.82) is 0 Å². The molecule has 1 fully saturated rings. The molecule has 0 aliphatic carbocycles. The van der Waals surface area contributed by atoms with Crippen LogP contribution in [0.2, 0.25) is 0 Å². The molecule has 130 valence electrons. The summed E-state index contributed by atoms with van der Waals surface area (Å²) in [5.74, 6) is 0.624. The van der Waals surface area contributed by atoms with Gasteiger partial charge in [-0.25, -0.2) is 8.42 Å². The predicted molar refractivity (Wildman–Crippen MR) is 94.0 cm³/mol. The van der Waals surface area contributed by atoms with E-state index in [1.54, 1.807) is 12.1 Å². The van der Waals surface area contributed by atoms with Crippen LogP contribution in [0.15, 0.2) is 29.2 Å². The number of halogens is 1. The standard InChI is InChI=1S/C16H24N2O3S.ClH/c1-3-17-12-13-8-10-18(11-9-13)16(19)14-4-6-15(7-5-14)22(2,20)21;/h4-7,13,17H,3,8-12H2,1-2H3;1H. The Labute approximate surface area is 144 Å². The van der Waals surface area contributed by atoms with Crippen LogP contribution in [-0.4, -0.2) is 51.7 Å². The third-order valence-electron chi connectivity index (χ3n) is 4.11. The largest absolute Gasteiger partial charge is 0.339 e. The molecule has 0 radical (unpaired) electrons. The molecule has 0 spiro atoms. The SMILES string of the molecule is CCNCC1CCN(C(=O)c2ccc(S(C)(=O)=O)cc2)CC1.Cl. The van der Waals surface area contributed by atoms with E-state index in [9.17, 15) is 13.2 Å². The molecule has 2 rings (SSSR count). The van der Waals surface area contributed by atoms with Crippen molar-refractivity contribution in [3.8, 4) is 0 Å². The van der Waals surface area contributed by atoms with Crippen LogP contribution in [0.4, 0.5) is 0 Å². The summed E-state index contributed by atoms with van der Waals surface area (Å²) in [6, 6.07) is 6.20. The number of likely N-dealkylation sites (tertiary alicyclic amines) is 1. The maximum absolute atomic E-state index is 12.4. The van der Waals surface area contributed by atoms with Crippen LogP contribution < -0.4 is 5.32 Å². The quantitative estimate of drug-likeness (QED) is 0.871. The molecule has 1 heterocycles. The molecule has 7 heteroatoms. The highest BCUT2D eigenvalue weighted by molar-refractivity contribution is 7.90. The maximum Gasteiger partial charge on any atom is 0.253 e. The first-order valence-electron chi connectivity index (χ1n) is 7.72. The molecule has 1 aromatic rings. The van der Waals surface area contributed by atoms with Crippen LogP contribution in [0.5, 0.6) is 0 Å². The predicted octanol–water partition coefficient (Wildman–Crippen LogP) is 1.97. The number of hydrogen-bond acceptors (Lipinski definition) is 4. The molecule has 1 aromatic carbocycles. The summed E-state index contributed by atoms with van der Waals surface area (Å²) >= 11 is 0. The van der Waals surface area contributed by atoms with Crippen molar-refractivity contribution in [1.82, 2.24) is 10.2 Å². The Hall–Kier alpha value is -1.11. The lowest BCUT2D eigenvalue weighted by atomic mass is 9.96. The van der Waals surface area contributed by atoms with Gasteiger partial charge in [-0.3, -0.25) is 4.79 Å². The lowest BCUT2D eigenvalue weighted by Gasteiger charge is -2.32. The molecule has 1 saturated heterocycles. The second-order valence-electron chi connectivity index (χ2n) is 5.84. The average Bonchev–Trinajstić information content (AvgIpc) is 2.52. The minimum atomic E-state index is -3.22. The second-order valence-corrected chi connectivity index (χ2v) is 7.86. The fraction of sp³-hybridized carbons (Fsp3) is 0.562. The molecule has 5 nitrogen and oxygen atoms in total. The summed E-state index contributed by atoms with van der Waals surface area (Å²) in [5.41, 5.74) is 0.553. The lowest BCUT2D eigenvalue weighted by Crippen LogP contribution is -2.40. The third kappa shape index (κ3) is 5.48. The Morgan fingerprint density at radius 3 is 2.26 bits per heavy atom. The van der Waals surface area contributed by atoms with Gasteiger partial charge in [-0.2, -0.15) is 0 Å². The van der Waals surface area contributed by atoms with Crippen molar-refractivity contribution in [3.63, 3.8) is 0 Å². The van der Waals surface area contributed by atoms with Gasteiger partial charge in [0.2, 0.25) is 0 Å². The number of benzene rings is 1. The Morgan fingerprint density at radius 2 is 1.78 bits per heavy atom. The van der Waals surface area contributed by atoms with Gasteiger partial charge in [0, 0.05) is 24.9 Å². The number of amides is 1. The van der Waals surface area contributed by atoms with Gasteiger partial charge in [-0.05, 0) is 56.1 Å². The molecule has 0 aromatic heterocycles. The van der Waals surface area contributed by atoms with E-state index >= 15 is 0 Å². The van der Waals surface area contributed by atoms with Gasteiger partial charge in [0.05, 0.1) is 4.90 Å². The highest BCUT2D eigenvalue weighted by Crippen LogP contribution is 2.19. The molecule has 0 unspecified atom stereocenters. The van der Waals surface area contributed by atoms with Crippen molar-refractivity contribution in [2.24, 2.45) is 5.92 Å². The summed E-state index contributed by atoms with van der Waals surface area (Å²) in [6.07, 6.45) is 3.19. The molecule has 1 amide bonds. The molecule has 23 heavy (non-hydrogen) atoms. The molecule has 1 aliphatic rings. The van der Waals surface area contributed by atoms with E-state index in [4.69, 9.17) is 0 Å². The van der Waals surface area contributed by atoms with Crippen molar-refractivity contribution in [3.05, 3.63) is 29.8 Å². The van der Waals surface area contributed by atoms with E-state index in [1.807, 2.05) is 4.90 Å². The normalized spacial score (nSPS) is 16.0. The van der Waals surface area contributed by atoms with Crippen LogP contribution in [0.25, 0.3) is 0 Å². The minimum Gasteiger partial charge on any atom is -0.339 e. The second kappa shape index (κ2) is 8.66. The van der Waals surface area contributed by atoms with Crippen LogP contribution in [0.3, 0.4) is 0 Å². The van der Waals surface area contributed by atoms with Gasteiger partial charge in [0.25, 0.3) is 5.91 Å². The Morgan fingerprint density at radius 1 is 1.22 bits per heavy atom. The van der Waals surface area contributed by atoms with Crippen molar-refractivity contribution < 1.29 is 13.2 Å². The van der Waals surface area contributed by atoms with Crippen LogP contribution in [0.1, 0.15) is 30.1 Å². The van der Waals surface area contributed by atoms with E-state index < -0.39 is 9.84 Å². The number of piperidine rings is 1. The van der Waals surface area contributed by atoms with Gasteiger partial charge >= 0.3 is 0 Å². The van der Waals surface area contributed by atoms with E-state index in [0.717, 1.165) is 39.0 Å². The van der Waals surface area contributed by atoms with E-state index in [0.29, 0.717) is 11.5 Å². The molecule has 1 N–H and O–H groups in total. The van der Waals surface area contributed by atoms with Crippen LogP contribution >= 0.6 is 12.4 Å². The van der Waals surface area contributed by atoms with E-state index in [2.05, 4.69) is 12.2 Å². The van der Waals surface area contributed by atoms with Crippen molar-refractivity contribution in [2.45, 2.75) is 24.7 Å². The molecular weight excluding hydrogens is 336 g/mol. The van der Waals surface area contributed by atoms with Gasteiger partial charge in [-0.15, -0.1) is 12.4 Å². The number of rotatable bonds is 5. The first-order valence-corrected chi connectivity index (χ1v) is 9.61. The number of hydrogen-bond donors (Lipinski definition) is 1. The van der Waals surface area contributed by atoms with Gasteiger partial charge in [-0.1, -0.05) is 6.92 Å². The van der Waals surface area contributed by atoms with Crippen molar-refractivity contribution in [2.75, 3.05) is 32.4 Å². The zero-order valence-corrected chi connectivity index (χ0v) is 15.3. The first kappa shape index (κ1) is 19.9. The summed E-state index contributed by atoms with van der Waals surface area (Å²) < 4.78 is 22.9. The van der Waals surface area contributed by atoms with Gasteiger partial charge in [0.15, 0.2) is 9.84 Å². The molecule has 0 saturated carbocycles. The zero-order valence-electron chi connectivity index (χ0n) is 13.6. The fourth-order valence-corrected chi connectivity index (χ4v) is 3.35.